The molecule has 0 aliphatic rings. The normalized spacial score (nSPS) is 11.4. The van der Waals surface area contributed by atoms with Gasteiger partial charge in [-0.3, -0.25) is 0 Å². The van der Waals surface area contributed by atoms with Gasteiger partial charge < -0.3 is 10.8 Å². The van der Waals surface area contributed by atoms with Gasteiger partial charge in [-0.25, -0.2) is 0 Å². The molecule has 0 heterocycles. The number of benzene rings is 3. The first-order chi connectivity index (χ1) is 11.0. The maximum Gasteiger partial charge on any atom is 0.125 e. The first-order valence-electron chi connectivity index (χ1n) is 7.47. The second-order valence-corrected chi connectivity index (χ2v) is 5.77. The van der Waals surface area contributed by atoms with E-state index >= 15 is 0 Å². The van der Waals surface area contributed by atoms with Gasteiger partial charge in [0.25, 0.3) is 0 Å². The van der Waals surface area contributed by atoms with E-state index in [9.17, 15) is 5.11 Å². The van der Waals surface area contributed by atoms with Gasteiger partial charge in [-0.05, 0) is 55.0 Å². The van der Waals surface area contributed by atoms with E-state index in [1.54, 1.807) is 12.1 Å². The highest BCUT2D eigenvalue weighted by Gasteiger charge is 2.12. The number of hydrogen-bond acceptors (Lipinski definition) is 4. The predicted octanol–water partition coefficient (Wildman–Crippen LogP) is 5.47. The van der Waals surface area contributed by atoms with Crippen molar-refractivity contribution in [2.45, 2.75) is 20.8 Å². The Labute approximate surface area is 135 Å². The minimum Gasteiger partial charge on any atom is -0.507 e. The molecule has 3 aromatic carbocycles. The highest BCUT2D eigenvalue weighted by molar-refractivity contribution is 6.03. The highest BCUT2D eigenvalue weighted by atomic mass is 16.3. The van der Waals surface area contributed by atoms with Gasteiger partial charge in [0.05, 0.1) is 16.8 Å². The summed E-state index contributed by atoms with van der Waals surface area (Å²) in [6.45, 7) is 5.92. The van der Waals surface area contributed by atoms with Gasteiger partial charge in [-0.2, -0.15) is 0 Å². The first-order valence-corrected chi connectivity index (χ1v) is 7.47. The van der Waals surface area contributed by atoms with Crippen LogP contribution in [0.3, 0.4) is 0 Å². The quantitative estimate of drug-likeness (QED) is 0.487. The van der Waals surface area contributed by atoms with Crippen LogP contribution in [0.2, 0.25) is 0 Å². The highest BCUT2D eigenvalue weighted by Crippen LogP contribution is 2.40. The average molecular weight is 305 g/mol. The number of aromatic hydroxyl groups is 1. The SMILES string of the molecule is Cc1cc2cccc(O)c2c(/N=N\c2c(C)cccc2C)c1N. The summed E-state index contributed by atoms with van der Waals surface area (Å²) in [5.41, 5.74) is 11.1. The van der Waals surface area contributed by atoms with Gasteiger partial charge in [0.2, 0.25) is 0 Å². The van der Waals surface area contributed by atoms with Gasteiger partial charge in [0.15, 0.2) is 0 Å². The lowest BCUT2D eigenvalue weighted by Gasteiger charge is -2.10. The van der Waals surface area contributed by atoms with Gasteiger partial charge >= 0.3 is 0 Å². The number of phenolic OH excluding ortho intramolecular Hbond substituents is 1. The van der Waals surface area contributed by atoms with E-state index in [0.29, 0.717) is 16.8 Å². The fourth-order valence-electron chi connectivity index (χ4n) is 2.74. The Morgan fingerprint density at radius 3 is 2.13 bits per heavy atom. The lowest BCUT2D eigenvalue weighted by molar-refractivity contribution is 0.482. The molecule has 0 aromatic heterocycles. The summed E-state index contributed by atoms with van der Waals surface area (Å²) in [6.07, 6.45) is 0. The standard InChI is InChI=1S/C19H19N3O/c1-11-6-4-7-12(2)18(11)21-22-19-16-14(8-5-9-15(16)23)10-13(3)17(19)20/h4-10,23H,20H2,1-3H3/b22-21-. The number of phenols is 1. The zero-order valence-corrected chi connectivity index (χ0v) is 13.5. The molecule has 0 amide bonds. The number of aryl methyl sites for hydroxylation is 3. The minimum absolute atomic E-state index is 0.157. The molecular formula is C19H19N3O. The molecule has 3 aromatic rings. The van der Waals surface area contributed by atoms with Crippen LogP contribution in [0.1, 0.15) is 16.7 Å². The smallest absolute Gasteiger partial charge is 0.125 e. The Balaban J connectivity index is 2.24. The van der Waals surface area contributed by atoms with E-state index in [2.05, 4.69) is 10.2 Å². The molecule has 0 saturated heterocycles. The van der Waals surface area contributed by atoms with E-state index in [-0.39, 0.29) is 5.75 Å². The summed E-state index contributed by atoms with van der Waals surface area (Å²) in [7, 11) is 0. The van der Waals surface area contributed by atoms with Crippen LogP contribution in [0, 0.1) is 20.8 Å². The third-order valence-electron chi connectivity index (χ3n) is 4.05. The second kappa shape index (κ2) is 5.72. The summed E-state index contributed by atoms with van der Waals surface area (Å²) in [5, 5.41) is 20.5. The van der Waals surface area contributed by atoms with Crippen molar-refractivity contribution >= 4 is 27.8 Å². The van der Waals surface area contributed by atoms with Crippen LogP contribution in [0.25, 0.3) is 10.8 Å². The Hall–Kier alpha value is -2.88. The lowest BCUT2D eigenvalue weighted by atomic mass is 10.0. The second-order valence-electron chi connectivity index (χ2n) is 5.77. The van der Waals surface area contributed by atoms with Gasteiger partial charge in [-0.1, -0.05) is 30.3 Å². The summed E-state index contributed by atoms with van der Waals surface area (Å²) in [4.78, 5) is 0. The van der Waals surface area contributed by atoms with Crippen molar-refractivity contribution in [3.8, 4) is 5.75 Å². The number of azo groups is 1. The summed E-state index contributed by atoms with van der Waals surface area (Å²) < 4.78 is 0. The maximum atomic E-state index is 10.2. The zero-order chi connectivity index (χ0) is 16.6. The van der Waals surface area contributed by atoms with Crippen LogP contribution >= 0.6 is 0 Å². The lowest BCUT2D eigenvalue weighted by Crippen LogP contribution is -1.91. The van der Waals surface area contributed by atoms with Crippen LogP contribution in [-0.4, -0.2) is 5.11 Å². The predicted molar refractivity (Wildman–Crippen MR) is 94.9 cm³/mol. The number of hydrogen-bond donors (Lipinski definition) is 2. The third kappa shape index (κ3) is 2.63. The fourth-order valence-corrected chi connectivity index (χ4v) is 2.74. The molecule has 0 atom stereocenters. The fraction of sp³-hybridized carbons (Fsp3) is 0.158. The number of nitrogens with two attached hydrogens (primary N) is 1. The Morgan fingerprint density at radius 1 is 0.826 bits per heavy atom. The molecule has 0 saturated carbocycles. The molecule has 0 fully saturated rings. The van der Waals surface area contributed by atoms with Crippen molar-refractivity contribution in [2.75, 3.05) is 5.73 Å². The Kier molecular flexibility index (Phi) is 3.74. The molecular weight excluding hydrogens is 286 g/mol. The van der Waals surface area contributed by atoms with Crippen molar-refractivity contribution in [2.24, 2.45) is 10.2 Å². The molecule has 4 heteroatoms. The molecule has 0 unspecified atom stereocenters. The zero-order valence-electron chi connectivity index (χ0n) is 13.5. The maximum absolute atomic E-state index is 10.2. The number of fused-ring (bicyclic) bond motifs is 1. The molecule has 23 heavy (non-hydrogen) atoms. The van der Waals surface area contributed by atoms with Crippen molar-refractivity contribution in [3.05, 3.63) is 59.2 Å². The van der Waals surface area contributed by atoms with Gasteiger partial charge in [0.1, 0.15) is 11.4 Å². The largest absolute Gasteiger partial charge is 0.507 e. The average Bonchev–Trinajstić information content (AvgIpc) is 2.50. The van der Waals surface area contributed by atoms with E-state index in [0.717, 1.165) is 27.8 Å². The number of rotatable bonds is 2. The molecule has 4 nitrogen and oxygen atoms in total. The van der Waals surface area contributed by atoms with Crippen molar-refractivity contribution in [1.82, 2.24) is 0 Å². The monoisotopic (exact) mass is 305 g/mol. The van der Waals surface area contributed by atoms with Crippen molar-refractivity contribution in [3.63, 3.8) is 0 Å². The van der Waals surface area contributed by atoms with E-state index < -0.39 is 0 Å². The van der Waals surface area contributed by atoms with E-state index in [1.165, 1.54) is 0 Å². The molecule has 0 aliphatic heterocycles. The molecule has 0 bridgehead atoms. The number of anilines is 1. The van der Waals surface area contributed by atoms with Crippen LogP contribution in [-0.2, 0) is 0 Å². The van der Waals surface area contributed by atoms with Gasteiger partial charge in [-0.15, -0.1) is 10.2 Å². The number of nitrogens with zero attached hydrogens (tertiary/aromatic N) is 2. The summed E-state index contributed by atoms with van der Waals surface area (Å²) in [6, 6.07) is 13.3. The topological polar surface area (TPSA) is 71.0 Å². The number of nitrogen functional groups attached to an aromatic ring is 1. The third-order valence-corrected chi connectivity index (χ3v) is 4.05. The van der Waals surface area contributed by atoms with Crippen LogP contribution < -0.4 is 5.73 Å². The van der Waals surface area contributed by atoms with E-state index in [1.807, 2.05) is 51.1 Å². The van der Waals surface area contributed by atoms with E-state index in [4.69, 9.17) is 5.73 Å². The van der Waals surface area contributed by atoms with Gasteiger partial charge in [0, 0.05) is 0 Å². The first kappa shape index (κ1) is 15.0. The molecule has 0 radical (unpaired) electrons. The molecule has 3 N–H and O–H groups in total. The molecule has 0 spiro atoms. The molecule has 116 valence electrons. The van der Waals surface area contributed by atoms with Crippen molar-refractivity contribution < 1.29 is 5.11 Å². The van der Waals surface area contributed by atoms with Crippen LogP contribution in [0.4, 0.5) is 17.1 Å². The van der Waals surface area contributed by atoms with Crippen molar-refractivity contribution in [1.29, 1.82) is 0 Å². The Bertz CT molecular complexity index is 909. The van der Waals surface area contributed by atoms with Crippen LogP contribution in [0.5, 0.6) is 5.75 Å². The summed E-state index contributed by atoms with van der Waals surface area (Å²) in [5.74, 6) is 0.157. The van der Waals surface area contributed by atoms with Crippen LogP contribution in [0.15, 0.2) is 52.7 Å². The Morgan fingerprint density at radius 2 is 1.43 bits per heavy atom. The summed E-state index contributed by atoms with van der Waals surface area (Å²) >= 11 is 0. The molecule has 0 aliphatic carbocycles. The molecule has 3 rings (SSSR count). The minimum atomic E-state index is 0.157.